The van der Waals surface area contributed by atoms with Gasteiger partial charge in [-0.05, 0) is 31.2 Å². The molecule has 148 valence electrons. The summed E-state index contributed by atoms with van der Waals surface area (Å²) in [4.78, 5) is 4.26. The zero-order valence-corrected chi connectivity index (χ0v) is 15.1. The fourth-order valence-electron chi connectivity index (χ4n) is 2.57. The Morgan fingerprint density at radius 1 is 1.18 bits per heavy atom. The average molecular weight is 392 g/mol. The molecule has 0 aliphatic carbocycles. The van der Waals surface area contributed by atoms with Gasteiger partial charge in [0.2, 0.25) is 0 Å². The van der Waals surface area contributed by atoms with Gasteiger partial charge >= 0.3 is 6.61 Å². The fraction of sp³-hybridized carbons (Fsp3) is 0.278. The van der Waals surface area contributed by atoms with E-state index < -0.39 is 12.4 Å². The number of benzene rings is 1. The highest BCUT2D eigenvalue weighted by Gasteiger charge is 2.14. The maximum Gasteiger partial charge on any atom is 0.387 e. The van der Waals surface area contributed by atoms with E-state index in [4.69, 9.17) is 0 Å². The van der Waals surface area contributed by atoms with Crippen molar-refractivity contribution in [1.29, 1.82) is 0 Å². The van der Waals surface area contributed by atoms with E-state index in [9.17, 15) is 13.2 Å². The summed E-state index contributed by atoms with van der Waals surface area (Å²) in [5, 5.41) is 14.3. The maximum absolute atomic E-state index is 14.1. The van der Waals surface area contributed by atoms with Crippen LogP contribution in [0.15, 0.2) is 47.6 Å². The Balaban J connectivity index is 1.74. The topological polar surface area (TPSA) is 75.8 Å². The molecule has 3 rings (SSSR count). The molecule has 0 aliphatic heterocycles. The van der Waals surface area contributed by atoms with Gasteiger partial charge in [-0.1, -0.05) is 12.1 Å². The smallest absolute Gasteiger partial charge is 0.387 e. The van der Waals surface area contributed by atoms with E-state index in [0.717, 1.165) is 0 Å². The summed E-state index contributed by atoms with van der Waals surface area (Å²) >= 11 is 0. The molecule has 0 amide bonds. The van der Waals surface area contributed by atoms with Gasteiger partial charge in [0.1, 0.15) is 11.6 Å². The standard InChI is InChI=1S/C18H19F3N6O/c1-2-22-18(24-11-16-26-25-15-8-3-4-9-27(15)16)23-10-12-13(19)6-5-7-14(12)28-17(20)21/h3-9,17H,2,10-11H2,1H3,(H2,22,23,24). The van der Waals surface area contributed by atoms with Crippen molar-refractivity contribution >= 4 is 11.6 Å². The van der Waals surface area contributed by atoms with E-state index in [2.05, 4.69) is 30.6 Å². The molecule has 0 bridgehead atoms. The number of aromatic nitrogens is 3. The molecule has 0 atom stereocenters. The number of halogens is 3. The Morgan fingerprint density at radius 2 is 2.04 bits per heavy atom. The van der Waals surface area contributed by atoms with Crippen molar-refractivity contribution in [3.8, 4) is 5.75 Å². The second-order valence-corrected chi connectivity index (χ2v) is 5.69. The maximum atomic E-state index is 14.1. The predicted molar refractivity (Wildman–Crippen MR) is 97.7 cm³/mol. The van der Waals surface area contributed by atoms with Gasteiger partial charge in [0.25, 0.3) is 0 Å². The number of ether oxygens (including phenoxy) is 1. The van der Waals surface area contributed by atoms with E-state index in [1.165, 1.54) is 18.2 Å². The highest BCUT2D eigenvalue weighted by atomic mass is 19.3. The molecule has 1 aromatic carbocycles. The minimum Gasteiger partial charge on any atom is -0.434 e. The van der Waals surface area contributed by atoms with Crippen molar-refractivity contribution < 1.29 is 17.9 Å². The van der Waals surface area contributed by atoms with Gasteiger partial charge in [-0.2, -0.15) is 8.78 Å². The van der Waals surface area contributed by atoms with Crippen LogP contribution in [0.5, 0.6) is 5.75 Å². The van der Waals surface area contributed by atoms with Crippen molar-refractivity contribution in [2.75, 3.05) is 6.54 Å². The molecule has 2 N–H and O–H groups in total. The first-order valence-corrected chi connectivity index (χ1v) is 8.61. The van der Waals surface area contributed by atoms with Crippen LogP contribution in [0.3, 0.4) is 0 Å². The van der Waals surface area contributed by atoms with E-state index in [0.29, 0.717) is 30.5 Å². The monoisotopic (exact) mass is 392 g/mol. The first-order valence-electron chi connectivity index (χ1n) is 8.61. The summed E-state index contributed by atoms with van der Waals surface area (Å²) in [5.41, 5.74) is 0.661. The zero-order chi connectivity index (χ0) is 19.9. The number of nitrogens with zero attached hydrogens (tertiary/aromatic N) is 4. The van der Waals surface area contributed by atoms with E-state index in [-0.39, 0.29) is 17.9 Å². The number of aliphatic imine (C=N–C) groups is 1. The number of hydrogen-bond acceptors (Lipinski definition) is 4. The van der Waals surface area contributed by atoms with Crippen LogP contribution in [0, 0.1) is 5.82 Å². The quantitative estimate of drug-likeness (QED) is 0.478. The number of hydrogen-bond donors (Lipinski definition) is 2. The lowest BCUT2D eigenvalue weighted by Gasteiger charge is -2.13. The van der Waals surface area contributed by atoms with Crippen molar-refractivity contribution in [3.05, 3.63) is 59.8 Å². The summed E-state index contributed by atoms with van der Waals surface area (Å²) < 4.78 is 45.3. The largest absolute Gasteiger partial charge is 0.434 e. The van der Waals surface area contributed by atoms with Crippen LogP contribution < -0.4 is 15.4 Å². The Morgan fingerprint density at radius 3 is 2.82 bits per heavy atom. The molecule has 10 heteroatoms. The molecule has 3 aromatic rings. The predicted octanol–water partition coefficient (Wildman–Crippen LogP) is 2.73. The third kappa shape index (κ3) is 4.70. The third-order valence-electron chi connectivity index (χ3n) is 3.83. The molecular formula is C18H19F3N6O. The molecule has 7 nitrogen and oxygen atoms in total. The molecule has 0 spiro atoms. The Labute approximate surface area is 159 Å². The van der Waals surface area contributed by atoms with Crippen molar-refractivity contribution in [2.24, 2.45) is 4.99 Å². The molecule has 0 fully saturated rings. The van der Waals surface area contributed by atoms with Crippen LogP contribution in [-0.2, 0) is 13.1 Å². The van der Waals surface area contributed by atoms with Gasteiger partial charge in [0.05, 0.1) is 18.7 Å². The van der Waals surface area contributed by atoms with Crippen LogP contribution in [0.2, 0.25) is 0 Å². The highest BCUT2D eigenvalue weighted by molar-refractivity contribution is 5.79. The van der Waals surface area contributed by atoms with Crippen molar-refractivity contribution in [2.45, 2.75) is 26.6 Å². The van der Waals surface area contributed by atoms with Crippen LogP contribution in [0.25, 0.3) is 5.65 Å². The number of alkyl halides is 2. The van der Waals surface area contributed by atoms with Crippen LogP contribution in [-0.4, -0.2) is 33.7 Å². The average Bonchev–Trinajstić information content (AvgIpc) is 3.08. The Hall–Kier alpha value is -3.30. The minimum absolute atomic E-state index is 0.0482. The van der Waals surface area contributed by atoms with Gasteiger partial charge in [0.15, 0.2) is 17.4 Å². The minimum atomic E-state index is -3.04. The lowest BCUT2D eigenvalue weighted by Crippen LogP contribution is -2.37. The molecule has 0 saturated carbocycles. The number of guanidine groups is 1. The van der Waals surface area contributed by atoms with Crippen molar-refractivity contribution in [3.63, 3.8) is 0 Å². The summed E-state index contributed by atoms with van der Waals surface area (Å²) in [7, 11) is 0. The van der Waals surface area contributed by atoms with Crippen LogP contribution in [0.1, 0.15) is 18.3 Å². The van der Waals surface area contributed by atoms with Gasteiger partial charge in [-0.3, -0.25) is 4.40 Å². The molecule has 2 heterocycles. The Kier molecular flexibility index (Phi) is 6.30. The van der Waals surface area contributed by atoms with Gasteiger partial charge in [-0.25, -0.2) is 9.38 Å². The molecule has 0 saturated heterocycles. The molecule has 2 aromatic heterocycles. The number of rotatable bonds is 7. The third-order valence-corrected chi connectivity index (χ3v) is 3.83. The van der Waals surface area contributed by atoms with E-state index in [1.54, 1.807) is 0 Å². The molecule has 28 heavy (non-hydrogen) atoms. The summed E-state index contributed by atoms with van der Waals surface area (Å²) in [6.07, 6.45) is 1.84. The number of nitrogens with one attached hydrogen (secondary N) is 2. The summed E-state index contributed by atoms with van der Waals surface area (Å²) in [5.74, 6) is 0.134. The zero-order valence-electron chi connectivity index (χ0n) is 15.1. The fourth-order valence-corrected chi connectivity index (χ4v) is 2.57. The second kappa shape index (κ2) is 9.07. The van der Waals surface area contributed by atoms with Crippen molar-refractivity contribution in [1.82, 2.24) is 25.2 Å². The highest BCUT2D eigenvalue weighted by Crippen LogP contribution is 2.24. The second-order valence-electron chi connectivity index (χ2n) is 5.69. The normalized spacial score (nSPS) is 11.8. The van der Waals surface area contributed by atoms with Gasteiger partial charge in [0, 0.05) is 12.7 Å². The summed E-state index contributed by atoms with van der Waals surface area (Å²) in [6.45, 7) is -0.473. The molecular weight excluding hydrogens is 373 g/mol. The van der Waals surface area contributed by atoms with E-state index >= 15 is 0 Å². The summed E-state index contributed by atoms with van der Waals surface area (Å²) in [6, 6.07) is 9.31. The molecule has 0 aliphatic rings. The van der Waals surface area contributed by atoms with E-state index in [1.807, 2.05) is 35.7 Å². The molecule has 0 radical (unpaired) electrons. The molecule has 0 unspecified atom stereocenters. The van der Waals surface area contributed by atoms with Gasteiger partial charge < -0.3 is 15.4 Å². The van der Waals surface area contributed by atoms with Crippen LogP contribution in [0.4, 0.5) is 13.2 Å². The first-order chi connectivity index (χ1) is 13.6. The van der Waals surface area contributed by atoms with Gasteiger partial charge in [-0.15, -0.1) is 10.2 Å². The van der Waals surface area contributed by atoms with Crippen LogP contribution >= 0.6 is 0 Å². The first kappa shape index (κ1) is 19.5. The Bertz CT molecular complexity index is 959. The lowest BCUT2D eigenvalue weighted by molar-refractivity contribution is -0.0506. The number of pyridine rings is 1. The SMILES string of the molecule is CCNC(=NCc1c(F)cccc1OC(F)F)NCc1nnc2ccccn12. The lowest BCUT2D eigenvalue weighted by atomic mass is 10.2. The number of fused-ring (bicyclic) bond motifs is 1.